The van der Waals surface area contributed by atoms with Crippen molar-refractivity contribution >= 4 is 35.8 Å². The molecule has 7 nitrogen and oxygen atoms in total. The summed E-state index contributed by atoms with van der Waals surface area (Å²) in [6.07, 6.45) is 6.78. The van der Waals surface area contributed by atoms with Gasteiger partial charge in [0.15, 0.2) is 5.96 Å². The third-order valence-electron chi connectivity index (χ3n) is 4.13. The molecule has 3 N–H and O–H groups in total. The minimum absolute atomic E-state index is 0. The zero-order valence-corrected chi connectivity index (χ0v) is 19.0. The Bertz CT molecular complexity index is 700. The molecule has 0 spiro atoms. The predicted molar refractivity (Wildman–Crippen MR) is 124 cm³/mol. The van der Waals surface area contributed by atoms with Crippen LogP contribution in [0.15, 0.2) is 47.7 Å². The molecule has 1 aromatic heterocycles. The normalized spacial score (nSPS) is 10.9. The van der Waals surface area contributed by atoms with Crippen molar-refractivity contribution in [1.82, 2.24) is 25.7 Å². The van der Waals surface area contributed by atoms with E-state index in [4.69, 9.17) is 0 Å². The second kappa shape index (κ2) is 14.0. The van der Waals surface area contributed by atoms with Crippen molar-refractivity contribution in [3.8, 4) is 0 Å². The van der Waals surface area contributed by atoms with E-state index in [9.17, 15) is 4.79 Å². The van der Waals surface area contributed by atoms with E-state index in [2.05, 4.69) is 33.0 Å². The number of aliphatic imine (C=N–C) groups is 1. The van der Waals surface area contributed by atoms with Gasteiger partial charge < -0.3 is 16.0 Å². The summed E-state index contributed by atoms with van der Waals surface area (Å²) in [6.45, 7) is 5.17. The predicted octanol–water partition coefficient (Wildman–Crippen LogP) is 2.79. The van der Waals surface area contributed by atoms with Crippen LogP contribution in [0, 0.1) is 0 Å². The molecule has 1 aromatic carbocycles. The molecule has 1 amide bonds. The summed E-state index contributed by atoms with van der Waals surface area (Å²) >= 11 is 0. The summed E-state index contributed by atoms with van der Waals surface area (Å²) in [5, 5.41) is 13.7. The molecule has 1 heterocycles. The monoisotopic (exact) mass is 498 g/mol. The number of benzene rings is 1. The first-order valence-corrected chi connectivity index (χ1v) is 9.52. The lowest BCUT2D eigenvalue weighted by Crippen LogP contribution is -2.37. The number of hydrogen-bond donors (Lipinski definition) is 3. The van der Waals surface area contributed by atoms with Gasteiger partial charge in [0.25, 0.3) is 5.91 Å². The molecule has 154 valence electrons. The third-order valence-corrected chi connectivity index (χ3v) is 4.13. The van der Waals surface area contributed by atoms with Crippen LogP contribution in [0.5, 0.6) is 0 Å². The minimum Gasteiger partial charge on any atom is -0.356 e. The lowest BCUT2D eigenvalue weighted by molar-refractivity contribution is 0.0953. The van der Waals surface area contributed by atoms with Crippen LogP contribution in [0.3, 0.4) is 0 Å². The molecular weight excluding hydrogens is 467 g/mol. The summed E-state index contributed by atoms with van der Waals surface area (Å²) in [5.41, 5.74) is 1.79. The molecule has 0 bridgehead atoms. The maximum Gasteiger partial charge on any atom is 0.251 e. The van der Waals surface area contributed by atoms with Crippen LogP contribution in [-0.4, -0.2) is 41.8 Å². The lowest BCUT2D eigenvalue weighted by atomic mass is 10.1. The van der Waals surface area contributed by atoms with Gasteiger partial charge in [0.05, 0.1) is 0 Å². The van der Waals surface area contributed by atoms with Gasteiger partial charge in [-0.05, 0) is 36.6 Å². The number of nitrogens with zero attached hydrogens (tertiary/aromatic N) is 3. The Morgan fingerprint density at radius 3 is 2.50 bits per heavy atom. The molecule has 0 radical (unpaired) electrons. The summed E-state index contributed by atoms with van der Waals surface area (Å²) < 4.78 is 1.91. The van der Waals surface area contributed by atoms with Crippen LogP contribution < -0.4 is 16.0 Å². The molecule has 0 aliphatic rings. The Labute approximate surface area is 184 Å². The highest BCUT2D eigenvalue weighted by Gasteiger charge is 2.05. The topological polar surface area (TPSA) is 83.3 Å². The van der Waals surface area contributed by atoms with E-state index in [-0.39, 0.29) is 29.9 Å². The lowest BCUT2D eigenvalue weighted by Gasteiger charge is -2.12. The zero-order valence-electron chi connectivity index (χ0n) is 16.6. The molecule has 28 heavy (non-hydrogen) atoms. The van der Waals surface area contributed by atoms with Gasteiger partial charge in [-0.25, -0.2) is 0 Å². The highest BCUT2D eigenvalue weighted by atomic mass is 127. The Morgan fingerprint density at radius 2 is 1.86 bits per heavy atom. The van der Waals surface area contributed by atoms with E-state index in [1.165, 1.54) is 0 Å². The molecule has 2 rings (SSSR count). The standard InChI is InChI=1S/C20H30N6O.HI/c1-3-4-11-22-19(27)18-9-7-17(8-10-18)16-24-20(21-2)23-12-5-14-26-15-6-13-25-26;/h6-10,13,15H,3-5,11-12,14,16H2,1-2H3,(H,22,27)(H2,21,23,24);1H. The van der Waals surface area contributed by atoms with Crippen LogP contribution in [-0.2, 0) is 13.1 Å². The molecule has 2 aromatic rings. The highest BCUT2D eigenvalue weighted by Crippen LogP contribution is 2.04. The van der Waals surface area contributed by atoms with Crippen molar-refractivity contribution in [3.63, 3.8) is 0 Å². The highest BCUT2D eigenvalue weighted by molar-refractivity contribution is 14.0. The number of unbranched alkanes of at least 4 members (excludes halogenated alkanes) is 1. The fourth-order valence-electron chi connectivity index (χ4n) is 2.54. The summed E-state index contributed by atoms with van der Waals surface area (Å²) in [6, 6.07) is 9.57. The van der Waals surface area contributed by atoms with Crippen molar-refractivity contribution in [3.05, 3.63) is 53.9 Å². The van der Waals surface area contributed by atoms with Gasteiger partial charge >= 0.3 is 0 Å². The van der Waals surface area contributed by atoms with Gasteiger partial charge in [0, 0.05) is 51.2 Å². The Kier molecular flexibility index (Phi) is 11.9. The molecule has 0 saturated heterocycles. The van der Waals surface area contributed by atoms with Crippen LogP contribution in [0.25, 0.3) is 0 Å². The molecule has 0 atom stereocenters. The van der Waals surface area contributed by atoms with E-state index < -0.39 is 0 Å². The smallest absolute Gasteiger partial charge is 0.251 e. The molecule has 0 fully saturated rings. The van der Waals surface area contributed by atoms with Crippen LogP contribution >= 0.6 is 24.0 Å². The molecular formula is C20H31IN6O. The fraction of sp³-hybridized carbons (Fsp3) is 0.450. The fourth-order valence-corrected chi connectivity index (χ4v) is 2.54. The van der Waals surface area contributed by atoms with Gasteiger partial charge in [0.2, 0.25) is 0 Å². The number of guanidine groups is 1. The first-order valence-electron chi connectivity index (χ1n) is 9.52. The number of nitrogens with one attached hydrogen (secondary N) is 3. The van der Waals surface area contributed by atoms with Crippen LogP contribution in [0.1, 0.15) is 42.1 Å². The number of aromatic nitrogens is 2. The van der Waals surface area contributed by atoms with Gasteiger partial charge in [-0.1, -0.05) is 25.5 Å². The first kappa shape index (κ1) is 23.9. The Morgan fingerprint density at radius 1 is 1.11 bits per heavy atom. The van der Waals surface area contributed by atoms with Gasteiger partial charge in [-0.2, -0.15) is 5.10 Å². The van der Waals surface area contributed by atoms with Crippen molar-refractivity contribution in [1.29, 1.82) is 0 Å². The zero-order chi connectivity index (χ0) is 19.3. The van der Waals surface area contributed by atoms with E-state index in [1.54, 1.807) is 13.2 Å². The maximum absolute atomic E-state index is 12.0. The van der Waals surface area contributed by atoms with E-state index in [0.29, 0.717) is 12.1 Å². The molecule has 0 aliphatic heterocycles. The quantitative estimate of drug-likeness (QED) is 0.204. The summed E-state index contributed by atoms with van der Waals surface area (Å²) in [7, 11) is 1.76. The first-order chi connectivity index (χ1) is 13.2. The maximum atomic E-state index is 12.0. The molecule has 0 unspecified atom stereocenters. The van der Waals surface area contributed by atoms with Crippen molar-refractivity contribution in [2.24, 2.45) is 4.99 Å². The number of amides is 1. The number of hydrogen-bond acceptors (Lipinski definition) is 3. The van der Waals surface area contributed by atoms with Crippen molar-refractivity contribution < 1.29 is 4.79 Å². The van der Waals surface area contributed by atoms with Gasteiger partial charge in [0.1, 0.15) is 0 Å². The summed E-state index contributed by atoms with van der Waals surface area (Å²) in [5.74, 6) is 0.745. The molecule has 0 saturated carbocycles. The number of carbonyl (C=O) groups is 1. The second-order valence-electron chi connectivity index (χ2n) is 6.28. The number of halogens is 1. The average molecular weight is 498 g/mol. The van der Waals surface area contributed by atoms with E-state index >= 15 is 0 Å². The summed E-state index contributed by atoms with van der Waals surface area (Å²) in [4.78, 5) is 16.2. The number of aryl methyl sites for hydroxylation is 1. The van der Waals surface area contributed by atoms with Crippen LogP contribution in [0.2, 0.25) is 0 Å². The van der Waals surface area contributed by atoms with Crippen molar-refractivity contribution in [2.45, 2.75) is 39.3 Å². The largest absolute Gasteiger partial charge is 0.356 e. The second-order valence-corrected chi connectivity index (χ2v) is 6.28. The van der Waals surface area contributed by atoms with Crippen molar-refractivity contribution in [2.75, 3.05) is 20.1 Å². The number of carbonyl (C=O) groups excluding carboxylic acids is 1. The van der Waals surface area contributed by atoms with E-state index in [1.807, 2.05) is 41.2 Å². The SMILES string of the molecule is CCCCNC(=O)c1ccc(CNC(=NC)NCCCn2cccn2)cc1.I. The average Bonchev–Trinajstić information content (AvgIpc) is 3.21. The number of rotatable bonds is 10. The third kappa shape index (κ3) is 8.73. The molecule has 0 aliphatic carbocycles. The minimum atomic E-state index is -0.0161. The Hall–Kier alpha value is -2.10. The van der Waals surface area contributed by atoms with Crippen LogP contribution in [0.4, 0.5) is 0 Å². The van der Waals surface area contributed by atoms with Gasteiger partial charge in [-0.3, -0.25) is 14.5 Å². The Balaban J connectivity index is 0.00000392. The molecule has 8 heteroatoms. The van der Waals surface area contributed by atoms with Gasteiger partial charge in [-0.15, -0.1) is 24.0 Å². The van der Waals surface area contributed by atoms with E-state index in [0.717, 1.165) is 50.4 Å².